The quantitative estimate of drug-likeness (QED) is 0.199. The molecule has 0 fully saturated rings. The summed E-state index contributed by atoms with van der Waals surface area (Å²) >= 11 is 0. The van der Waals surface area contributed by atoms with Crippen LogP contribution >= 0.6 is 0 Å². The molecule has 0 aliphatic carbocycles. The second-order valence-electron chi connectivity index (χ2n) is 8.89. The van der Waals surface area contributed by atoms with Crippen molar-refractivity contribution >= 4 is 48.9 Å². The van der Waals surface area contributed by atoms with E-state index in [9.17, 15) is 0 Å². The lowest BCUT2D eigenvalue weighted by atomic mass is 9.94. The number of hydrogen-bond donors (Lipinski definition) is 0. The van der Waals surface area contributed by atoms with E-state index in [0.29, 0.717) is 0 Å². The number of pyridine rings is 3. The number of fused-ring (bicyclic) bond motifs is 6. The molecule has 0 N–H and O–H groups in total. The van der Waals surface area contributed by atoms with E-state index in [-0.39, 0.29) is 0 Å². The van der Waals surface area contributed by atoms with E-state index < -0.39 is 10.2 Å². The minimum absolute atomic E-state index is 1.25. The largest absolute Gasteiger partial charge is 0.227 e. The van der Waals surface area contributed by atoms with Gasteiger partial charge in [-0.05, 0) is 42.3 Å². The highest BCUT2D eigenvalue weighted by atomic mass is 35.7. The Balaban J connectivity index is 0.000000441. The number of benzene rings is 4. The molecule has 0 unspecified atom stereocenters. The Labute approximate surface area is 208 Å². The third-order valence-corrected chi connectivity index (χ3v) is 6.67. The van der Waals surface area contributed by atoms with Crippen LogP contribution in [-0.2, 0) is 0 Å². The van der Waals surface area contributed by atoms with Gasteiger partial charge in [-0.3, -0.25) is 0 Å². The van der Waals surface area contributed by atoms with Crippen molar-refractivity contribution in [2.75, 3.05) is 0 Å². The first-order valence-electron chi connectivity index (χ1n) is 11.4. The zero-order valence-electron chi connectivity index (χ0n) is 19.3. The molecule has 0 atom stereocenters. The van der Waals surface area contributed by atoms with E-state index >= 15 is 0 Å². The Morgan fingerprint density at radius 2 is 1.03 bits per heavy atom. The lowest BCUT2D eigenvalue weighted by Gasteiger charge is -2.17. The molecule has 3 heterocycles. The monoisotopic (exact) mass is 493 g/mol. The fourth-order valence-corrected chi connectivity index (χ4v) is 5.29. The van der Waals surface area contributed by atoms with Gasteiger partial charge in [0.15, 0.2) is 0 Å². The first-order valence-corrected chi connectivity index (χ1v) is 12.6. The normalized spacial score (nSPS) is 12.0. The molecule has 0 bridgehead atoms. The summed E-state index contributed by atoms with van der Waals surface area (Å²) in [6, 6.07) is 37.8. The number of rotatable bonds is 1. The summed E-state index contributed by atoms with van der Waals surface area (Å²) in [5, 5.41) is 7.86. The van der Waals surface area contributed by atoms with Crippen molar-refractivity contribution in [3.8, 4) is 11.1 Å². The van der Waals surface area contributed by atoms with Crippen molar-refractivity contribution in [1.29, 1.82) is 0 Å². The van der Waals surface area contributed by atoms with Crippen LogP contribution in [0.4, 0.5) is 0 Å². The van der Waals surface area contributed by atoms with Crippen LogP contribution in [-0.4, -0.2) is 0 Å². The Kier molecular flexibility index (Phi) is 5.26. The van der Waals surface area contributed by atoms with E-state index in [1.807, 2.05) is 0 Å². The van der Waals surface area contributed by atoms with Gasteiger partial charge in [-0.25, -0.2) is 18.6 Å². The van der Waals surface area contributed by atoms with E-state index in [0.717, 1.165) is 0 Å². The minimum atomic E-state index is -4.94. The average Bonchev–Trinajstić information content (AvgIpc) is 2.87. The maximum Gasteiger partial charge on any atom is 0.227 e. The first-order chi connectivity index (χ1) is 17.3. The third-order valence-electron chi connectivity index (χ3n) is 6.67. The Morgan fingerprint density at radius 3 is 1.69 bits per heavy atom. The van der Waals surface area contributed by atoms with Crippen LogP contribution in [0.3, 0.4) is 0 Å². The number of aromatic nitrogens is 1. The molecule has 0 spiro atoms. The van der Waals surface area contributed by atoms with Crippen LogP contribution in [0.15, 0.2) is 103 Å². The molecule has 5 nitrogen and oxygen atoms in total. The lowest BCUT2D eigenvalue weighted by Crippen LogP contribution is -2.68. The SMILES string of the molecule is Cc1ccc2c(c1)c1cccc3c4ccccc4c4cc(-c5ccccc5)cc2[n+]4c31.[O-][Cl+3]([O-])([O-])[O-]. The smallest absolute Gasteiger partial charge is 0.222 e. The molecule has 7 aromatic rings. The van der Waals surface area contributed by atoms with Crippen LogP contribution < -0.4 is 23.0 Å². The molecule has 6 heteroatoms. The summed E-state index contributed by atoms with van der Waals surface area (Å²) in [5.74, 6) is 0. The molecule has 0 amide bonds. The van der Waals surface area contributed by atoms with Crippen molar-refractivity contribution in [3.63, 3.8) is 0 Å². The maximum absolute atomic E-state index is 8.49. The second-order valence-corrected chi connectivity index (χ2v) is 9.65. The molecule has 0 radical (unpaired) electrons. The molecular weight excluding hydrogens is 474 g/mol. The summed E-state index contributed by atoms with van der Waals surface area (Å²) in [7, 11) is -4.94. The van der Waals surface area contributed by atoms with Crippen molar-refractivity contribution < 1.29 is 33.3 Å². The van der Waals surface area contributed by atoms with Gasteiger partial charge >= 0.3 is 0 Å². The van der Waals surface area contributed by atoms with E-state index in [2.05, 4.69) is 114 Å². The van der Waals surface area contributed by atoms with Gasteiger partial charge in [0.2, 0.25) is 16.6 Å². The van der Waals surface area contributed by atoms with Gasteiger partial charge in [0.1, 0.15) is 0 Å². The third kappa shape index (κ3) is 3.80. The molecular formula is C30H20ClNO4. The topological polar surface area (TPSA) is 96.3 Å². The summed E-state index contributed by atoms with van der Waals surface area (Å²) in [4.78, 5) is 0. The zero-order valence-corrected chi connectivity index (χ0v) is 20.0. The summed E-state index contributed by atoms with van der Waals surface area (Å²) in [6.45, 7) is 2.18. The van der Waals surface area contributed by atoms with Crippen molar-refractivity contribution in [1.82, 2.24) is 0 Å². The molecule has 176 valence electrons. The predicted octanol–water partition coefficient (Wildman–Crippen LogP) is 2.70. The highest BCUT2D eigenvalue weighted by molar-refractivity contribution is 6.21. The Morgan fingerprint density at radius 1 is 0.500 bits per heavy atom. The Hall–Kier alpha value is -3.84. The molecule has 0 aliphatic rings. The summed E-state index contributed by atoms with van der Waals surface area (Å²) < 4.78 is 36.5. The number of nitrogens with zero attached hydrogens (tertiary/aromatic N) is 1. The van der Waals surface area contributed by atoms with Crippen LogP contribution in [0, 0.1) is 17.2 Å². The van der Waals surface area contributed by atoms with Gasteiger partial charge in [0.05, 0.1) is 21.5 Å². The highest BCUT2D eigenvalue weighted by Gasteiger charge is 2.25. The maximum atomic E-state index is 8.49. The van der Waals surface area contributed by atoms with Gasteiger partial charge in [-0.1, -0.05) is 72.3 Å². The van der Waals surface area contributed by atoms with E-state index in [1.54, 1.807) is 0 Å². The van der Waals surface area contributed by atoms with Gasteiger partial charge < -0.3 is 0 Å². The fraction of sp³-hybridized carbons (Fsp3) is 0.0333. The molecule has 0 saturated heterocycles. The average molecular weight is 494 g/mol. The van der Waals surface area contributed by atoms with Crippen LogP contribution in [0.1, 0.15) is 5.56 Å². The Bertz CT molecular complexity index is 1890. The molecule has 0 saturated carbocycles. The van der Waals surface area contributed by atoms with Gasteiger partial charge in [-0.2, -0.15) is 4.40 Å². The van der Waals surface area contributed by atoms with Crippen LogP contribution in [0.2, 0.25) is 0 Å². The highest BCUT2D eigenvalue weighted by Crippen LogP contribution is 2.37. The molecule has 0 aliphatic heterocycles. The van der Waals surface area contributed by atoms with Crippen molar-refractivity contribution in [2.45, 2.75) is 6.92 Å². The molecule has 36 heavy (non-hydrogen) atoms. The first kappa shape index (κ1) is 22.6. The lowest BCUT2D eigenvalue weighted by molar-refractivity contribution is -2.00. The second kappa shape index (κ2) is 8.38. The van der Waals surface area contributed by atoms with E-state index in [4.69, 9.17) is 18.6 Å². The molecule has 3 aromatic heterocycles. The van der Waals surface area contributed by atoms with Crippen molar-refractivity contribution in [2.24, 2.45) is 0 Å². The van der Waals surface area contributed by atoms with Crippen LogP contribution in [0.5, 0.6) is 0 Å². The number of hydrogen-bond acceptors (Lipinski definition) is 4. The van der Waals surface area contributed by atoms with Gasteiger partial charge in [0, 0.05) is 22.9 Å². The zero-order chi connectivity index (χ0) is 25.0. The number of aryl methyl sites for hydroxylation is 1. The molecule has 7 rings (SSSR count). The molecule has 4 aromatic carbocycles. The van der Waals surface area contributed by atoms with E-state index in [1.165, 1.54) is 65.6 Å². The summed E-state index contributed by atoms with van der Waals surface area (Å²) in [6.07, 6.45) is 0. The van der Waals surface area contributed by atoms with Gasteiger partial charge in [-0.15, -0.1) is 10.2 Å². The van der Waals surface area contributed by atoms with Crippen LogP contribution in [0.25, 0.3) is 60.0 Å². The predicted molar refractivity (Wildman–Crippen MR) is 131 cm³/mol. The number of para-hydroxylation sites is 1. The standard InChI is InChI=1S/C30H20N.ClHO4/c1-19-14-15-24-27(16-19)26-13-7-12-25-22-10-5-6-11-23(22)28-17-21(20-8-3-2-4-9-20)18-29(24)31(28)30(25)26;2-1(3,4)5/h2-18H,1H3;(H,2,3,4,5)/q+1;/p-1. The minimum Gasteiger partial charge on any atom is -0.222 e. The van der Waals surface area contributed by atoms with Crippen molar-refractivity contribution in [3.05, 3.63) is 109 Å². The summed E-state index contributed by atoms with van der Waals surface area (Å²) in [5.41, 5.74) is 7.63. The fourth-order valence-electron chi connectivity index (χ4n) is 5.29. The number of halogens is 1. The van der Waals surface area contributed by atoms with Gasteiger partial charge in [0.25, 0.3) is 0 Å².